The molecular formula is C27H25F2N5O. The fourth-order valence-electron chi connectivity index (χ4n) is 4.14. The first-order valence-electron chi connectivity index (χ1n) is 11.4. The second kappa shape index (κ2) is 9.58. The minimum absolute atomic E-state index is 0.0130. The molecule has 35 heavy (non-hydrogen) atoms. The van der Waals surface area contributed by atoms with E-state index in [1.165, 1.54) is 18.2 Å². The van der Waals surface area contributed by atoms with Gasteiger partial charge in [-0.1, -0.05) is 29.8 Å². The summed E-state index contributed by atoms with van der Waals surface area (Å²) in [7, 11) is 0. The normalized spacial score (nSPS) is 12.8. The number of nitrogens with zero attached hydrogens (tertiary/aromatic N) is 3. The van der Waals surface area contributed by atoms with Crippen LogP contribution >= 0.6 is 0 Å². The molecule has 0 spiro atoms. The molecule has 0 aliphatic carbocycles. The molecule has 1 aliphatic rings. The molecule has 1 aromatic heterocycles. The molecule has 4 aromatic rings. The molecule has 0 bridgehead atoms. The van der Waals surface area contributed by atoms with E-state index in [0.717, 1.165) is 28.5 Å². The number of hydrogen-bond acceptors (Lipinski definition) is 4. The van der Waals surface area contributed by atoms with Crippen LogP contribution in [-0.4, -0.2) is 33.4 Å². The summed E-state index contributed by atoms with van der Waals surface area (Å²) in [6, 6.07) is 20.5. The Morgan fingerprint density at radius 1 is 0.971 bits per heavy atom. The van der Waals surface area contributed by atoms with Crippen molar-refractivity contribution < 1.29 is 13.6 Å². The van der Waals surface area contributed by atoms with Crippen LogP contribution in [0.4, 0.5) is 26.0 Å². The van der Waals surface area contributed by atoms with Gasteiger partial charge in [-0.2, -0.15) is 0 Å². The van der Waals surface area contributed by atoms with Crippen molar-refractivity contribution in [2.75, 3.05) is 23.7 Å². The smallest absolute Gasteiger partial charge is 0.242 e. The Balaban J connectivity index is 1.40. The largest absolute Gasteiger partial charge is 0.374 e. The third-order valence-electron chi connectivity index (χ3n) is 6.06. The maximum absolute atomic E-state index is 13.9. The van der Waals surface area contributed by atoms with Crippen LogP contribution in [0.25, 0.3) is 11.3 Å². The SMILES string of the molecule is Cc1ccc(Nc2c(-c3ccc(F)cc3)nc3n2CCN(C(=O)CNc2ccccc2F)C3)cc1. The first kappa shape index (κ1) is 22.6. The van der Waals surface area contributed by atoms with Crippen molar-refractivity contribution in [1.29, 1.82) is 0 Å². The van der Waals surface area contributed by atoms with E-state index in [1.54, 1.807) is 35.2 Å². The average Bonchev–Trinajstić information content (AvgIpc) is 3.22. The summed E-state index contributed by atoms with van der Waals surface area (Å²) in [5.74, 6) is 0.672. The lowest BCUT2D eigenvalue weighted by Crippen LogP contribution is -2.41. The van der Waals surface area contributed by atoms with Crippen molar-refractivity contribution in [3.05, 3.63) is 95.8 Å². The lowest BCUT2D eigenvalue weighted by molar-refractivity contribution is -0.130. The Morgan fingerprint density at radius 2 is 1.71 bits per heavy atom. The van der Waals surface area contributed by atoms with Crippen LogP contribution in [0.15, 0.2) is 72.8 Å². The van der Waals surface area contributed by atoms with E-state index in [2.05, 4.69) is 15.2 Å². The Hall–Kier alpha value is -4.20. The van der Waals surface area contributed by atoms with Gasteiger partial charge in [-0.3, -0.25) is 4.79 Å². The van der Waals surface area contributed by atoms with Crippen LogP contribution in [0.3, 0.4) is 0 Å². The van der Waals surface area contributed by atoms with Crippen LogP contribution in [0.5, 0.6) is 0 Å². The summed E-state index contributed by atoms with van der Waals surface area (Å²) in [6.45, 7) is 3.37. The highest BCUT2D eigenvalue weighted by Gasteiger charge is 2.27. The number of benzene rings is 3. The van der Waals surface area contributed by atoms with Crippen LogP contribution in [-0.2, 0) is 17.9 Å². The fraction of sp³-hybridized carbons (Fsp3) is 0.185. The molecule has 178 valence electrons. The summed E-state index contributed by atoms with van der Waals surface area (Å²) >= 11 is 0. The standard InChI is InChI=1S/C27H25F2N5O/c1-18-6-12-21(13-7-18)31-27-26(19-8-10-20(28)11-9-19)32-24-17-33(14-15-34(24)27)25(35)16-30-23-5-3-2-4-22(23)29/h2-13,30-31H,14-17H2,1H3. The van der Waals surface area contributed by atoms with Crippen molar-refractivity contribution in [2.24, 2.45) is 0 Å². The number of carbonyl (C=O) groups is 1. The van der Waals surface area contributed by atoms with Gasteiger partial charge in [-0.25, -0.2) is 13.8 Å². The number of nitrogens with one attached hydrogen (secondary N) is 2. The average molecular weight is 474 g/mol. The third kappa shape index (κ3) is 4.87. The zero-order chi connectivity index (χ0) is 24.4. The number of rotatable bonds is 6. The van der Waals surface area contributed by atoms with E-state index in [4.69, 9.17) is 4.98 Å². The molecule has 0 radical (unpaired) electrons. The van der Waals surface area contributed by atoms with Gasteiger partial charge in [0.1, 0.15) is 29.0 Å². The zero-order valence-corrected chi connectivity index (χ0v) is 19.3. The van der Waals surface area contributed by atoms with Gasteiger partial charge in [0.2, 0.25) is 5.91 Å². The molecule has 8 heteroatoms. The number of halogens is 2. The number of fused-ring (bicyclic) bond motifs is 1. The highest BCUT2D eigenvalue weighted by Crippen LogP contribution is 2.33. The lowest BCUT2D eigenvalue weighted by Gasteiger charge is -2.29. The maximum Gasteiger partial charge on any atom is 0.242 e. The molecule has 1 amide bonds. The molecule has 6 nitrogen and oxygen atoms in total. The number of para-hydroxylation sites is 1. The Morgan fingerprint density at radius 3 is 2.46 bits per heavy atom. The summed E-state index contributed by atoms with van der Waals surface area (Å²) in [6.07, 6.45) is 0. The predicted octanol–water partition coefficient (Wildman–Crippen LogP) is 5.33. The van der Waals surface area contributed by atoms with E-state index in [0.29, 0.717) is 31.0 Å². The van der Waals surface area contributed by atoms with E-state index in [9.17, 15) is 13.6 Å². The van der Waals surface area contributed by atoms with Crippen molar-refractivity contribution in [2.45, 2.75) is 20.0 Å². The van der Waals surface area contributed by atoms with Gasteiger partial charge in [0, 0.05) is 24.3 Å². The van der Waals surface area contributed by atoms with Crippen molar-refractivity contribution in [3.8, 4) is 11.3 Å². The maximum atomic E-state index is 13.9. The van der Waals surface area contributed by atoms with Crippen molar-refractivity contribution in [1.82, 2.24) is 14.5 Å². The van der Waals surface area contributed by atoms with Crippen molar-refractivity contribution >= 4 is 23.1 Å². The molecule has 5 rings (SSSR count). The van der Waals surface area contributed by atoms with Gasteiger partial charge in [0.25, 0.3) is 0 Å². The van der Waals surface area contributed by atoms with E-state index in [-0.39, 0.29) is 18.3 Å². The minimum Gasteiger partial charge on any atom is -0.374 e. The van der Waals surface area contributed by atoms with E-state index >= 15 is 0 Å². The molecule has 3 aromatic carbocycles. The van der Waals surface area contributed by atoms with Crippen LogP contribution in [0.2, 0.25) is 0 Å². The Labute approximate surface area is 202 Å². The zero-order valence-electron chi connectivity index (χ0n) is 19.3. The number of imidazole rings is 1. The van der Waals surface area contributed by atoms with Gasteiger partial charge in [-0.15, -0.1) is 0 Å². The first-order chi connectivity index (χ1) is 17.0. The molecule has 0 fully saturated rings. The number of aromatic nitrogens is 2. The highest BCUT2D eigenvalue weighted by molar-refractivity contribution is 5.81. The van der Waals surface area contributed by atoms with Gasteiger partial charge in [0.05, 0.1) is 18.8 Å². The summed E-state index contributed by atoms with van der Waals surface area (Å²) in [4.78, 5) is 19.4. The Kier molecular flexibility index (Phi) is 6.18. The van der Waals surface area contributed by atoms with E-state index < -0.39 is 5.82 Å². The fourth-order valence-corrected chi connectivity index (χ4v) is 4.14. The van der Waals surface area contributed by atoms with Gasteiger partial charge in [-0.05, 0) is 55.5 Å². The molecule has 0 saturated carbocycles. The molecular weight excluding hydrogens is 448 g/mol. The van der Waals surface area contributed by atoms with Crippen molar-refractivity contribution in [3.63, 3.8) is 0 Å². The predicted molar refractivity (Wildman–Crippen MR) is 132 cm³/mol. The van der Waals surface area contributed by atoms with Crippen LogP contribution in [0.1, 0.15) is 11.4 Å². The quantitative estimate of drug-likeness (QED) is 0.397. The number of amides is 1. The Bertz CT molecular complexity index is 1350. The van der Waals surface area contributed by atoms with Gasteiger partial charge in [0.15, 0.2) is 0 Å². The molecule has 2 N–H and O–H groups in total. The highest BCUT2D eigenvalue weighted by atomic mass is 19.1. The number of anilines is 3. The molecule has 2 heterocycles. The topological polar surface area (TPSA) is 62.2 Å². The number of carbonyl (C=O) groups excluding carboxylic acids is 1. The van der Waals surface area contributed by atoms with Crippen LogP contribution in [0, 0.1) is 18.6 Å². The van der Waals surface area contributed by atoms with Gasteiger partial charge >= 0.3 is 0 Å². The lowest BCUT2D eigenvalue weighted by atomic mass is 10.1. The molecule has 1 aliphatic heterocycles. The summed E-state index contributed by atoms with van der Waals surface area (Å²) < 4.78 is 29.5. The number of aryl methyl sites for hydroxylation is 1. The second-order valence-electron chi connectivity index (χ2n) is 8.52. The number of hydrogen-bond donors (Lipinski definition) is 2. The van der Waals surface area contributed by atoms with Crippen LogP contribution < -0.4 is 10.6 Å². The second-order valence-corrected chi connectivity index (χ2v) is 8.52. The van der Waals surface area contributed by atoms with Gasteiger partial charge < -0.3 is 20.1 Å². The molecule has 0 atom stereocenters. The third-order valence-corrected chi connectivity index (χ3v) is 6.06. The molecule has 0 saturated heterocycles. The minimum atomic E-state index is -0.398. The first-order valence-corrected chi connectivity index (χ1v) is 11.4. The monoisotopic (exact) mass is 473 g/mol. The van der Waals surface area contributed by atoms with E-state index in [1.807, 2.05) is 31.2 Å². The molecule has 0 unspecified atom stereocenters. The summed E-state index contributed by atoms with van der Waals surface area (Å²) in [5.41, 5.74) is 3.83. The summed E-state index contributed by atoms with van der Waals surface area (Å²) in [5, 5.41) is 6.34.